The van der Waals surface area contributed by atoms with Crippen molar-refractivity contribution >= 4 is 10.9 Å². The van der Waals surface area contributed by atoms with Crippen LogP contribution in [0.5, 0.6) is 0 Å². The molecule has 4 rings (SSSR count). The highest BCUT2D eigenvalue weighted by molar-refractivity contribution is 5.80. The molecule has 1 heterocycles. The molecule has 0 aliphatic rings. The predicted molar refractivity (Wildman–Crippen MR) is 98.0 cm³/mol. The summed E-state index contributed by atoms with van der Waals surface area (Å²) in [4.78, 5) is 19.7. The van der Waals surface area contributed by atoms with Crippen LogP contribution >= 0.6 is 0 Å². The minimum Gasteiger partial charge on any atom is -0.306 e. The van der Waals surface area contributed by atoms with Crippen molar-refractivity contribution in [2.75, 3.05) is 0 Å². The first kappa shape index (κ1) is 14.9. The molecule has 0 bridgehead atoms. The van der Waals surface area contributed by atoms with Crippen molar-refractivity contribution in [3.8, 4) is 28.6 Å². The van der Waals surface area contributed by atoms with Crippen molar-refractivity contribution in [2.24, 2.45) is 0 Å². The molecule has 4 nitrogen and oxygen atoms in total. The zero-order chi connectivity index (χ0) is 17.2. The van der Waals surface area contributed by atoms with Gasteiger partial charge in [0, 0.05) is 5.56 Å². The number of nitriles is 1. The predicted octanol–water partition coefficient (Wildman–Crippen LogP) is 4.13. The third-order valence-electron chi connectivity index (χ3n) is 4.10. The van der Waals surface area contributed by atoms with Gasteiger partial charge in [0.15, 0.2) is 0 Å². The highest BCUT2D eigenvalue weighted by atomic mass is 16.1. The Bertz CT molecular complexity index is 1170. The van der Waals surface area contributed by atoms with Gasteiger partial charge in [-0.1, -0.05) is 42.5 Å². The number of rotatable bonds is 2. The molecule has 1 N–H and O–H groups in total. The summed E-state index contributed by atoms with van der Waals surface area (Å²) in [5, 5.41) is 9.49. The molecular weight excluding hydrogens is 310 g/mol. The molecule has 0 fully saturated rings. The fourth-order valence-corrected chi connectivity index (χ4v) is 2.81. The van der Waals surface area contributed by atoms with Crippen LogP contribution in [0.2, 0.25) is 0 Å². The van der Waals surface area contributed by atoms with Crippen LogP contribution < -0.4 is 5.56 Å². The normalized spacial score (nSPS) is 10.5. The Kier molecular flexibility index (Phi) is 3.60. The Labute approximate surface area is 144 Å². The van der Waals surface area contributed by atoms with Crippen molar-refractivity contribution in [3.63, 3.8) is 0 Å². The van der Waals surface area contributed by atoms with Gasteiger partial charge in [-0.2, -0.15) is 5.26 Å². The van der Waals surface area contributed by atoms with E-state index in [9.17, 15) is 4.79 Å². The van der Waals surface area contributed by atoms with E-state index in [0.717, 1.165) is 16.7 Å². The summed E-state index contributed by atoms with van der Waals surface area (Å²) in [7, 11) is 0. The molecule has 0 atom stereocenters. The lowest BCUT2D eigenvalue weighted by Crippen LogP contribution is -2.09. The van der Waals surface area contributed by atoms with Gasteiger partial charge in [-0.3, -0.25) is 4.79 Å². The van der Waals surface area contributed by atoms with Crippen LogP contribution in [0.25, 0.3) is 33.4 Å². The smallest absolute Gasteiger partial charge is 0.259 e. The maximum atomic E-state index is 12.3. The number of aromatic nitrogens is 2. The van der Waals surface area contributed by atoms with Gasteiger partial charge in [0.1, 0.15) is 5.82 Å². The van der Waals surface area contributed by atoms with Gasteiger partial charge >= 0.3 is 0 Å². The van der Waals surface area contributed by atoms with E-state index in [1.54, 1.807) is 18.2 Å². The summed E-state index contributed by atoms with van der Waals surface area (Å²) in [5.74, 6) is 0.541. The lowest BCUT2D eigenvalue weighted by Gasteiger charge is -2.06. The van der Waals surface area contributed by atoms with E-state index in [1.165, 1.54) is 0 Å². The number of hydrogen-bond acceptors (Lipinski definition) is 3. The van der Waals surface area contributed by atoms with Crippen molar-refractivity contribution in [2.45, 2.75) is 0 Å². The topological polar surface area (TPSA) is 69.5 Å². The molecule has 1 aromatic heterocycles. The minimum absolute atomic E-state index is 0.149. The summed E-state index contributed by atoms with van der Waals surface area (Å²) in [6.45, 7) is 0. The quantitative estimate of drug-likeness (QED) is 0.603. The second kappa shape index (κ2) is 6.06. The fourth-order valence-electron chi connectivity index (χ4n) is 2.81. The molecule has 0 saturated carbocycles. The van der Waals surface area contributed by atoms with Crippen molar-refractivity contribution in [1.29, 1.82) is 5.26 Å². The van der Waals surface area contributed by atoms with Crippen LogP contribution in [0.15, 0.2) is 77.6 Å². The van der Waals surface area contributed by atoms with Gasteiger partial charge in [0.2, 0.25) is 0 Å². The maximum absolute atomic E-state index is 12.3. The van der Waals surface area contributed by atoms with Gasteiger partial charge in [-0.25, -0.2) is 4.98 Å². The SMILES string of the molecule is N#Cc1ccc(-c2cccc(-c3nc4ccccc4c(=O)[nH]3)c2)cc1. The van der Waals surface area contributed by atoms with E-state index in [0.29, 0.717) is 22.3 Å². The number of hydrogen-bond donors (Lipinski definition) is 1. The number of nitrogens with zero attached hydrogens (tertiary/aromatic N) is 2. The molecule has 0 saturated heterocycles. The van der Waals surface area contributed by atoms with E-state index in [2.05, 4.69) is 16.0 Å². The zero-order valence-electron chi connectivity index (χ0n) is 13.2. The molecule has 118 valence electrons. The number of H-pyrrole nitrogens is 1. The Balaban J connectivity index is 1.81. The van der Waals surface area contributed by atoms with Crippen LogP contribution in [0, 0.1) is 11.3 Å². The molecule has 0 radical (unpaired) electrons. The largest absolute Gasteiger partial charge is 0.306 e. The van der Waals surface area contributed by atoms with Gasteiger partial charge in [-0.15, -0.1) is 0 Å². The summed E-state index contributed by atoms with van der Waals surface area (Å²) in [5.41, 5.74) is 3.99. The van der Waals surface area contributed by atoms with Crippen LogP contribution in [0.1, 0.15) is 5.56 Å². The Morgan fingerprint density at radius 3 is 2.40 bits per heavy atom. The molecule has 0 spiro atoms. The zero-order valence-corrected chi connectivity index (χ0v) is 13.2. The standard InChI is InChI=1S/C21H13N3O/c22-13-14-8-10-15(11-9-14)16-4-3-5-17(12-16)20-23-19-7-2-1-6-18(19)21(25)24-20/h1-12H,(H,23,24,25). The number of para-hydroxylation sites is 1. The van der Waals surface area contributed by atoms with Gasteiger partial charge in [-0.05, 0) is 41.5 Å². The van der Waals surface area contributed by atoms with E-state index in [1.807, 2.05) is 54.6 Å². The van der Waals surface area contributed by atoms with Crippen LogP contribution in [-0.2, 0) is 0 Å². The Hall–Kier alpha value is -3.71. The molecule has 25 heavy (non-hydrogen) atoms. The second-order valence-corrected chi connectivity index (χ2v) is 5.70. The first-order valence-corrected chi connectivity index (χ1v) is 7.85. The summed E-state index contributed by atoms with van der Waals surface area (Å²) >= 11 is 0. The first-order valence-electron chi connectivity index (χ1n) is 7.85. The van der Waals surface area contributed by atoms with Crippen LogP contribution in [0.3, 0.4) is 0 Å². The average Bonchev–Trinajstić information content (AvgIpc) is 2.68. The summed E-state index contributed by atoms with van der Waals surface area (Å²) in [6.07, 6.45) is 0. The number of aromatic amines is 1. The average molecular weight is 323 g/mol. The first-order chi connectivity index (χ1) is 12.2. The van der Waals surface area contributed by atoms with E-state index < -0.39 is 0 Å². The molecule has 0 aliphatic carbocycles. The molecule has 0 amide bonds. The second-order valence-electron chi connectivity index (χ2n) is 5.70. The molecule has 4 aromatic rings. The third kappa shape index (κ3) is 2.79. The van der Waals surface area contributed by atoms with Crippen molar-refractivity contribution in [3.05, 3.63) is 88.7 Å². The number of nitrogens with one attached hydrogen (secondary N) is 1. The maximum Gasteiger partial charge on any atom is 0.259 e. The van der Waals surface area contributed by atoms with Gasteiger partial charge < -0.3 is 4.98 Å². The molecule has 0 aliphatic heterocycles. The highest BCUT2D eigenvalue weighted by Crippen LogP contribution is 2.25. The molecular formula is C21H13N3O. The van der Waals surface area contributed by atoms with E-state index >= 15 is 0 Å². The molecule has 0 unspecified atom stereocenters. The Morgan fingerprint density at radius 2 is 1.60 bits per heavy atom. The highest BCUT2D eigenvalue weighted by Gasteiger charge is 2.07. The van der Waals surface area contributed by atoms with Crippen molar-refractivity contribution in [1.82, 2.24) is 9.97 Å². The summed E-state index contributed by atoms with van der Waals surface area (Å²) in [6, 6.07) is 24.6. The lowest BCUT2D eigenvalue weighted by molar-refractivity contribution is 1.18. The minimum atomic E-state index is -0.149. The van der Waals surface area contributed by atoms with Crippen molar-refractivity contribution < 1.29 is 0 Å². The number of fused-ring (bicyclic) bond motifs is 1. The molecule has 3 aromatic carbocycles. The third-order valence-corrected chi connectivity index (χ3v) is 4.10. The van der Waals surface area contributed by atoms with Crippen LogP contribution in [0.4, 0.5) is 0 Å². The Morgan fingerprint density at radius 1 is 0.840 bits per heavy atom. The van der Waals surface area contributed by atoms with Gasteiger partial charge in [0.25, 0.3) is 5.56 Å². The lowest BCUT2D eigenvalue weighted by atomic mass is 10.0. The monoisotopic (exact) mass is 323 g/mol. The van der Waals surface area contributed by atoms with E-state index in [4.69, 9.17) is 5.26 Å². The molecule has 4 heteroatoms. The van der Waals surface area contributed by atoms with Crippen LogP contribution in [-0.4, -0.2) is 9.97 Å². The summed E-state index contributed by atoms with van der Waals surface area (Å²) < 4.78 is 0. The number of benzene rings is 3. The fraction of sp³-hybridized carbons (Fsp3) is 0. The van der Waals surface area contributed by atoms with E-state index in [-0.39, 0.29) is 5.56 Å². The van der Waals surface area contributed by atoms with Gasteiger partial charge in [0.05, 0.1) is 22.5 Å².